The summed E-state index contributed by atoms with van der Waals surface area (Å²) in [6, 6.07) is 6.27. The average molecular weight is 322 g/mol. The van der Waals surface area contributed by atoms with Gasteiger partial charge in [-0.1, -0.05) is 35.2 Å². The predicted octanol–water partition coefficient (Wildman–Crippen LogP) is 1.37. The molecule has 0 unspecified atom stereocenters. The van der Waals surface area contributed by atoms with Crippen molar-refractivity contribution >= 4 is 92.7 Å². The van der Waals surface area contributed by atoms with Crippen LogP contribution < -0.4 is 5.11 Å². The number of nitrogens with zero attached hydrogens (tertiary/aromatic N) is 2. The molecule has 0 bridgehead atoms. The Kier molecular flexibility index (Phi) is 6.69. The van der Waals surface area contributed by atoms with Crippen molar-refractivity contribution in [3.63, 3.8) is 0 Å². The summed E-state index contributed by atoms with van der Waals surface area (Å²) in [7, 11) is 0. The number of rotatable bonds is 3. The smallest absolute Gasteiger partial charge is 0.184 e. The molecule has 0 fully saturated rings. The van der Waals surface area contributed by atoms with Gasteiger partial charge in [-0.3, -0.25) is 0 Å². The molecule has 1 heterocycles. The van der Waals surface area contributed by atoms with Crippen molar-refractivity contribution in [2.24, 2.45) is 0 Å². The van der Waals surface area contributed by atoms with Crippen molar-refractivity contribution in [2.45, 2.75) is 4.34 Å². The number of aromatic carboxylic acids is 1. The fourth-order valence-corrected chi connectivity index (χ4v) is 3.02. The van der Waals surface area contributed by atoms with E-state index in [1.165, 1.54) is 35.2 Å². The summed E-state index contributed by atoms with van der Waals surface area (Å²) in [5, 5.41) is 14.9. The predicted molar refractivity (Wildman–Crippen MR) is 74.1 cm³/mol. The molecule has 0 spiro atoms. The van der Waals surface area contributed by atoms with Crippen molar-refractivity contribution in [1.82, 2.24) is 9.78 Å². The van der Waals surface area contributed by atoms with E-state index in [2.05, 4.69) is 5.10 Å². The van der Waals surface area contributed by atoms with E-state index < -0.39 is 5.97 Å². The summed E-state index contributed by atoms with van der Waals surface area (Å²) in [5.74, 6) is -1.19. The Morgan fingerprint density at radius 3 is 2.50 bits per heavy atom. The molecule has 0 amide bonds. The average Bonchev–Trinajstić information content (AvgIpc) is 2.71. The monoisotopic (exact) mass is 322 g/mol. The molecule has 18 heavy (non-hydrogen) atoms. The zero-order chi connectivity index (χ0) is 12.4. The summed E-state index contributed by atoms with van der Waals surface area (Å²) in [5.41, 5.74) is 0.886. The maximum atomic E-state index is 10.6. The van der Waals surface area contributed by atoms with E-state index in [1.54, 1.807) is 16.8 Å². The fourth-order valence-electron chi connectivity index (χ4n) is 1.25. The SMILES string of the molecule is CSc1nn(-c2ccc(C(=O)[O-])cc2)c(=S)s1.[K]. The van der Waals surface area contributed by atoms with Gasteiger partial charge >= 0.3 is 0 Å². The molecule has 4 nitrogen and oxygen atoms in total. The standard InChI is InChI=1S/C10H8N2O2S3.K/c1-16-9-11-12(10(15)17-9)7-4-2-6(3-5-7)8(13)14;/h2-5H,1H3,(H,13,14);/p-1. The Hall–Kier alpha value is 0.456. The summed E-state index contributed by atoms with van der Waals surface area (Å²) < 4.78 is 3.12. The van der Waals surface area contributed by atoms with Gasteiger partial charge in [0.2, 0.25) is 0 Å². The van der Waals surface area contributed by atoms with Crippen LogP contribution in [0.5, 0.6) is 0 Å². The minimum Gasteiger partial charge on any atom is -0.545 e. The molecule has 8 heteroatoms. The molecule has 2 rings (SSSR count). The first kappa shape index (κ1) is 16.5. The van der Waals surface area contributed by atoms with Gasteiger partial charge in [0.05, 0.1) is 11.7 Å². The molecule has 0 saturated carbocycles. The summed E-state index contributed by atoms with van der Waals surface area (Å²) >= 11 is 8.13. The molecule has 0 aliphatic carbocycles. The van der Waals surface area contributed by atoms with Crippen LogP contribution in [-0.2, 0) is 0 Å². The van der Waals surface area contributed by atoms with Gasteiger partial charge in [-0.25, -0.2) is 4.68 Å². The second kappa shape index (κ2) is 7.30. The van der Waals surface area contributed by atoms with Gasteiger partial charge in [-0.05, 0) is 36.2 Å². The topological polar surface area (TPSA) is 58.0 Å². The second-order valence-corrected chi connectivity index (χ2v) is 5.76. The summed E-state index contributed by atoms with van der Waals surface area (Å²) in [6.45, 7) is 0. The van der Waals surface area contributed by atoms with E-state index in [-0.39, 0.29) is 56.9 Å². The maximum absolute atomic E-state index is 10.6. The number of carboxylic acid groups (broad SMARTS) is 1. The van der Waals surface area contributed by atoms with Crippen LogP contribution in [0.4, 0.5) is 0 Å². The van der Waals surface area contributed by atoms with Gasteiger partial charge < -0.3 is 9.90 Å². The Labute approximate surface area is 160 Å². The molecule has 0 aliphatic heterocycles. The zero-order valence-electron chi connectivity index (χ0n) is 9.75. The van der Waals surface area contributed by atoms with Gasteiger partial charge in [0.15, 0.2) is 8.29 Å². The molecular weight excluding hydrogens is 315 g/mol. The number of carboxylic acids is 1. The minimum absolute atomic E-state index is 0. The van der Waals surface area contributed by atoms with Crippen LogP contribution in [0.2, 0.25) is 0 Å². The Morgan fingerprint density at radius 2 is 2.06 bits per heavy atom. The third-order valence-electron chi connectivity index (χ3n) is 2.05. The van der Waals surface area contributed by atoms with Crippen LogP contribution in [-0.4, -0.2) is 73.4 Å². The van der Waals surface area contributed by atoms with E-state index >= 15 is 0 Å². The number of thioether (sulfide) groups is 1. The quantitative estimate of drug-likeness (QED) is 0.485. The van der Waals surface area contributed by atoms with E-state index in [0.717, 1.165) is 10.0 Å². The third kappa shape index (κ3) is 3.73. The molecular formula is C10H7KN2O2S3-. The number of hydrogen-bond acceptors (Lipinski definition) is 6. The molecule has 0 saturated heterocycles. The Bertz CT molecular complexity index is 606. The Balaban J connectivity index is 0.00000162. The van der Waals surface area contributed by atoms with Gasteiger partial charge in [0.1, 0.15) is 0 Å². The molecule has 0 aliphatic rings. The van der Waals surface area contributed by atoms with Crippen molar-refractivity contribution < 1.29 is 9.90 Å². The van der Waals surface area contributed by atoms with E-state index in [9.17, 15) is 9.90 Å². The van der Waals surface area contributed by atoms with E-state index in [1.807, 2.05) is 6.26 Å². The van der Waals surface area contributed by atoms with Crippen LogP contribution in [0.15, 0.2) is 28.6 Å². The number of carbonyl (C=O) groups excluding carboxylic acids is 1. The van der Waals surface area contributed by atoms with Crippen LogP contribution in [0.1, 0.15) is 10.4 Å². The third-order valence-corrected chi connectivity index (χ3v) is 4.26. The van der Waals surface area contributed by atoms with Crippen molar-refractivity contribution in [1.29, 1.82) is 0 Å². The summed E-state index contributed by atoms with van der Waals surface area (Å²) in [4.78, 5) is 10.6. The van der Waals surface area contributed by atoms with Crippen LogP contribution in [0, 0.1) is 3.95 Å². The van der Waals surface area contributed by atoms with Gasteiger partial charge in [-0.15, -0.1) is 5.10 Å². The largest absolute Gasteiger partial charge is 0.545 e. The second-order valence-electron chi connectivity index (χ2n) is 3.08. The first-order valence-electron chi connectivity index (χ1n) is 4.58. The number of benzene rings is 1. The molecule has 89 valence electrons. The first-order valence-corrected chi connectivity index (χ1v) is 7.02. The maximum Gasteiger partial charge on any atom is 0.184 e. The van der Waals surface area contributed by atoms with Crippen molar-refractivity contribution in [3.05, 3.63) is 33.8 Å². The molecule has 2 aromatic rings. The summed E-state index contributed by atoms with van der Waals surface area (Å²) in [6.07, 6.45) is 1.93. The molecule has 1 radical (unpaired) electrons. The van der Waals surface area contributed by atoms with Crippen LogP contribution in [0.3, 0.4) is 0 Å². The number of aromatic nitrogens is 2. The normalized spacial score (nSPS) is 9.83. The van der Waals surface area contributed by atoms with E-state index in [0.29, 0.717) is 3.95 Å². The Morgan fingerprint density at radius 1 is 1.44 bits per heavy atom. The van der Waals surface area contributed by atoms with Crippen LogP contribution >= 0.6 is 35.3 Å². The van der Waals surface area contributed by atoms with Gasteiger partial charge in [0, 0.05) is 51.4 Å². The molecule has 1 aromatic heterocycles. The molecule has 0 N–H and O–H groups in total. The number of carbonyl (C=O) groups is 1. The van der Waals surface area contributed by atoms with Gasteiger partial charge in [0.25, 0.3) is 0 Å². The van der Waals surface area contributed by atoms with Gasteiger partial charge in [-0.2, -0.15) is 0 Å². The minimum atomic E-state index is -1.19. The molecule has 0 atom stereocenters. The first-order chi connectivity index (χ1) is 8.11. The van der Waals surface area contributed by atoms with E-state index in [4.69, 9.17) is 12.2 Å². The molecule has 1 aromatic carbocycles. The zero-order valence-corrected chi connectivity index (χ0v) is 15.3. The van der Waals surface area contributed by atoms with Crippen molar-refractivity contribution in [3.8, 4) is 5.69 Å². The fraction of sp³-hybridized carbons (Fsp3) is 0.100. The van der Waals surface area contributed by atoms with Crippen LogP contribution in [0.25, 0.3) is 5.69 Å². The van der Waals surface area contributed by atoms with Crippen molar-refractivity contribution in [2.75, 3.05) is 6.26 Å². The number of hydrogen-bond donors (Lipinski definition) is 0.